The van der Waals surface area contributed by atoms with E-state index in [-0.39, 0.29) is 17.2 Å². The number of carbonyl (C=O) groups is 1. The molecule has 122 valence electrons. The van der Waals surface area contributed by atoms with Gasteiger partial charge in [-0.25, -0.2) is 0 Å². The number of halogens is 2. The molecule has 0 aliphatic carbocycles. The van der Waals surface area contributed by atoms with E-state index in [9.17, 15) is 13.6 Å². The lowest BCUT2D eigenvalue weighted by molar-refractivity contribution is -0.0498. The number of methoxy groups -OCH3 is 1. The van der Waals surface area contributed by atoms with Gasteiger partial charge in [0, 0.05) is 19.2 Å². The van der Waals surface area contributed by atoms with Crippen LogP contribution in [0.5, 0.6) is 5.75 Å². The lowest BCUT2D eigenvalue weighted by Gasteiger charge is -2.11. The molecule has 0 aliphatic rings. The maximum absolute atomic E-state index is 12.2. The molecule has 0 bridgehead atoms. The van der Waals surface area contributed by atoms with Crippen molar-refractivity contribution in [1.29, 1.82) is 0 Å². The number of carbonyl (C=O) groups excluding carboxylic acids is 1. The molecule has 0 atom stereocenters. The number of rotatable bonds is 7. The SMILES string of the molecule is COCc1ccccc1CNC(=O)c1cccc(OC(F)F)c1. The standard InChI is InChI=1S/C17H17F2NO3/c1-22-11-14-6-3-2-5-13(14)10-20-16(21)12-7-4-8-15(9-12)23-17(18)19/h2-9,17H,10-11H2,1H3,(H,20,21). The number of ether oxygens (including phenoxy) is 2. The highest BCUT2D eigenvalue weighted by atomic mass is 19.3. The molecule has 0 fully saturated rings. The van der Waals surface area contributed by atoms with Gasteiger partial charge in [-0.05, 0) is 29.3 Å². The molecule has 0 saturated carbocycles. The summed E-state index contributed by atoms with van der Waals surface area (Å²) in [5.74, 6) is -0.413. The van der Waals surface area contributed by atoms with Crippen molar-refractivity contribution in [3.05, 3.63) is 65.2 Å². The van der Waals surface area contributed by atoms with Gasteiger partial charge in [-0.1, -0.05) is 30.3 Å². The van der Waals surface area contributed by atoms with Gasteiger partial charge < -0.3 is 14.8 Å². The van der Waals surface area contributed by atoms with Gasteiger partial charge in [-0.15, -0.1) is 0 Å². The van der Waals surface area contributed by atoms with Crippen LogP contribution in [0.4, 0.5) is 8.78 Å². The van der Waals surface area contributed by atoms with Crippen LogP contribution in [0.15, 0.2) is 48.5 Å². The van der Waals surface area contributed by atoms with Crippen LogP contribution in [0.2, 0.25) is 0 Å². The minimum Gasteiger partial charge on any atom is -0.435 e. The summed E-state index contributed by atoms with van der Waals surface area (Å²) in [5.41, 5.74) is 2.17. The predicted octanol–water partition coefficient (Wildman–Crippen LogP) is 3.36. The first-order valence-corrected chi connectivity index (χ1v) is 6.99. The number of alkyl halides is 2. The summed E-state index contributed by atoms with van der Waals surface area (Å²) < 4.78 is 33.8. The van der Waals surface area contributed by atoms with E-state index in [4.69, 9.17) is 4.74 Å². The molecule has 0 saturated heterocycles. The van der Waals surface area contributed by atoms with Gasteiger partial charge >= 0.3 is 6.61 Å². The average Bonchev–Trinajstić information content (AvgIpc) is 2.53. The first-order chi connectivity index (χ1) is 11.1. The largest absolute Gasteiger partial charge is 0.435 e. The van der Waals surface area contributed by atoms with Crippen molar-refractivity contribution >= 4 is 5.91 Å². The third-order valence-corrected chi connectivity index (χ3v) is 3.18. The zero-order valence-electron chi connectivity index (χ0n) is 12.6. The Labute approximate surface area is 133 Å². The smallest absolute Gasteiger partial charge is 0.387 e. The van der Waals surface area contributed by atoms with Gasteiger partial charge in [-0.2, -0.15) is 8.78 Å². The predicted molar refractivity (Wildman–Crippen MR) is 81.4 cm³/mol. The Morgan fingerprint density at radius 1 is 1.13 bits per heavy atom. The van der Waals surface area contributed by atoms with Crippen molar-refractivity contribution in [1.82, 2.24) is 5.32 Å². The molecular formula is C17H17F2NO3. The van der Waals surface area contributed by atoms with Crippen LogP contribution in [0.3, 0.4) is 0 Å². The lowest BCUT2D eigenvalue weighted by Crippen LogP contribution is -2.23. The first kappa shape index (κ1) is 16.9. The Bertz CT molecular complexity index is 662. The second-order valence-corrected chi connectivity index (χ2v) is 4.79. The van der Waals surface area contributed by atoms with Crippen molar-refractivity contribution in [2.45, 2.75) is 19.8 Å². The molecule has 6 heteroatoms. The van der Waals surface area contributed by atoms with Crippen LogP contribution >= 0.6 is 0 Å². The Hall–Kier alpha value is -2.47. The molecule has 23 heavy (non-hydrogen) atoms. The lowest BCUT2D eigenvalue weighted by atomic mass is 10.1. The third kappa shape index (κ3) is 5.03. The van der Waals surface area contributed by atoms with Crippen molar-refractivity contribution in [2.75, 3.05) is 7.11 Å². The van der Waals surface area contributed by atoms with Crippen molar-refractivity contribution in [2.24, 2.45) is 0 Å². The molecule has 2 aromatic rings. The molecule has 1 N–H and O–H groups in total. The Balaban J connectivity index is 2.02. The summed E-state index contributed by atoms with van der Waals surface area (Å²) in [6.07, 6.45) is 0. The van der Waals surface area contributed by atoms with Gasteiger partial charge in [0.25, 0.3) is 5.91 Å². The van der Waals surface area contributed by atoms with Crippen LogP contribution in [0, 0.1) is 0 Å². The quantitative estimate of drug-likeness (QED) is 0.850. The van der Waals surface area contributed by atoms with Gasteiger partial charge in [-0.3, -0.25) is 4.79 Å². The molecule has 0 aliphatic heterocycles. The maximum atomic E-state index is 12.2. The number of amides is 1. The fraction of sp³-hybridized carbons (Fsp3) is 0.235. The Morgan fingerprint density at radius 2 is 1.87 bits per heavy atom. The van der Waals surface area contributed by atoms with Crippen LogP contribution in [0.1, 0.15) is 21.5 Å². The minimum atomic E-state index is -2.92. The number of nitrogens with one attached hydrogen (secondary N) is 1. The van der Waals surface area contributed by atoms with E-state index in [0.717, 1.165) is 11.1 Å². The van der Waals surface area contributed by atoms with Gasteiger partial charge in [0.15, 0.2) is 0 Å². The maximum Gasteiger partial charge on any atom is 0.387 e. The van der Waals surface area contributed by atoms with Crippen molar-refractivity contribution in [3.63, 3.8) is 0 Å². The highest BCUT2D eigenvalue weighted by Gasteiger charge is 2.10. The Morgan fingerprint density at radius 3 is 2.57 bits per heavy atom. The van der Waals surface area contributed by atoms with Crippen LogP contribution in [0.25, 0.3) is 0 Å². The highest BCUT2D eigenvalue weighted by molar-refractivity contribution is 5.94. The summed E-state index contributed by atoms with van der Waals surface area (Å²) in [5, 5.41) is 2.76. The second-order valence-electron chi connectivity index (χ2n) is 4.79. The van der Waals surface area contributed by atoms with E-state index in [1.807, 2.05) is 24.3 Å². The average molecular weight is 321 g/mol. The highest BCUT2D eigenvalue weighted by Crippen LogP contribution is 2.16. The monoisotopic (exact) mass is 321 g/mol. The summed E-state index contributed by atoms with van der Waals surface area (Å²) in [6, 6.07) is 13.3. The number of benzene rings is 2. The summed E-state index contributed by atoms with van der Waals surface area (Å²) in [4.78, 5) is 12.1. The van der Waals surface area contributed by atoms with Gasteiger partial charge in [0.2, 0.25) is 0 Å². The fourth-order valence-electron chi connectivity index (χ4n) is 2.12. The zero-order valence-corrected chi connectivity index (χ0v) is 12.6. The van der Waals surface area contributed by atoms with E-state index in [0.29, 0.717) is 13.2 Å². The van der Waals surface area contributed by atoms with E-state index in [2.05, 4.69) is 10.1 Å². The molecule has 0 unspecified atom stereocenters. The normalized spacial score (nSPS) is 10.6. The van der Waals surface area contributed by atoms with Gasteiger partial charge in [0.1, 0.15) is 5.75 Å². The minimum absolute atomic E-state index is 0.0487. The zero-order chi connectivity index (χ0) is 16.7. The molecule has 2 aromatic carbocycles. The van der Waals surface area contributed by atoms with Crippen molar-refractivity contribution in [3.8, 4) is 5.75 Å². The van der Waals surface area contributed by atoms with E-state index < -0.39 is 6.61 Å². The van der Waals surface area contributed by atoms with Crippen LogP contribution in [-0.4, -0.2) is 19.6 Å². The van der Waals surface area contributed by atoms with Gasteiger partial charge in [0.05, 0.1) is 6.61 Å². The molecule has 2 rings (SSSR count). The molecule has 0 aromatic heterocycles. The molecule has 1 amide bonds. The Kier molecular flexibility index (Phi) is 6.05. The molecule has 0 radical (unpaired) electrons. The summed E-state index contributed by atoms with van der Waals surface area (Å²) >= 11 is 0. The first-order valence-electron chi connectivity index (χ1n) is 6.99. The molecule has 0 spiro atoms. The van der Waals surface area contributed by atoms with E-state index >= 15 is 0 Å². The summed E-state index contributed by atoms with van der Waals surface area (Å²) in [6.45, 7) is -2.16. The molecule has 0 heterocycles. The van der Waals surface area contributed by atoms with E-state index in [1.165, 1.54) is 24.3 Å². The fourth-order valence-corrected chi connectivity index (χ4v) is 2.12. The van der Waals surface area contributed by atoms with Crippen LogP contribution < -0.4 is 10.1 Å². The summed E-state index contributed by atoms with van der Waals surface area (Å²) in [7, 11) is 1.60. The topological polar surface area (TPSA) is 47.6 Å². The molecule has 4 nitrogen and oxygen atoms in total. The van der Waals surface area contributed by atoms with E-state index in [1.54, 1.807) is 7.11 Å². The second kappa shape index (κ2) is 8.24. The number of hydrogen-bond acceptors (Lipinski definition) is 3. The van der Waals surface area contributed by atoms with Crippen molar-refractivity contribution < 1.29 is 23.0 Å². The third-order valence-electron chi connectivity index (χ3n) is 3.18. The van der Waals surface area contributed by atoms with Crippen LogP contribution in [-0.2, 0) is 17.9 Å². The number of hydrogen-bond donors (Lipinski definition) is 1. The molecular weight excluding hydrogens is 304 g/mol.